The third-order valence-corrected chi connectivity index (χ3v) is 7.51. The summed E-state index contributed by atoms with van der Waals surface area (Å²) in [7, 11) is 1.29. The second kappa shape index (κ2) is 12.4. The highest BCUT2D eigenvalue weighted by Crippen LogP contribution is 2.40. The molecule has 240 valence electrons. The van der Waals surface area contributed by atoms with Crippen molar-refractivity contribution in [2.75, 3.05) is 13.7 Å². The third kappa shape index (κ3) is 5.63. The molecule has 1 aromatic heterocycles. The number of phenolic OH excluding ortho intramolecular Hbond substituents is 3. The van der Waals surface area contributed by atoms with Crippen LogP contribution in [0.2, 0.25) is 0 Å². The van der Waals surface area contributed by atoms with E-state index in [0.29, 0.717) is 0 Å². The maximum atomic E-state index is 13.7. The van der Waals surface area contributed by atoms with Gasteiger partial charge in [-0.2, -0.15) is 0 Å². The summed E-state index contributed by atoms with van der Waals surface area (Å²) in [4.78, 5) is 13.7. The summed E-state index contributed by atoms with van der Waals surface area (Å²) in [6, 6.07) is 5.92. The monoisotopic (exact) mass is 624 g/mol. The van der Waals surface area contributed by atoms with E-state index in [0.717, 1.165) is 12.1 Å². The fourth-order valence-electron chi connectivity index (χ4n) is 5.13. The van der Waals surface area contributed by atoms with Crippen LogP contribution in [0.25, 0.3) is 22.3 Å². The van der Waals surface area contributed by atoms with Gasteiger partial charge in [0, 0.05) is 17.7 Å². The summed E-state index contributed by atoms with van der Waals surface area (Å²) in [6.45, 7) is 0.685. The van der Waals surface area contributed by atoms with Crippen molar-refractivity contribution in [3.63, 3.8) is 0 Å². The summed E-state index contributed by atoms with van der Waals surface area (Å²) >= 11 is 0. The number of methoxy groups -OCH3 is 1. The number of rotatable bonds is 7. The average molecular weight is 625 g/mol. The Balaban J connectivity index is 1.48. The van der Waals surface area contributed by atoms with Gasteiger partial charge >= 0.3 is 0 Å². The number of aliphatic hydroxyl groups excluding tert-OH is 6. The molecule has 9 N–H and O–H groups in total. The SMILES string of the molecule is COc1cc(-c2oc3cc(O)cc(O)c3c(=O)c2OC2OC(C)C(OC3OC(CO)C(O)C(O)C3O)C(O)C2O)ccc1O. The molecule has 0 amide bonds. The molecular weight excluding hydrogens is 592 g/mol. The van der Waals surface area contributed by atoms with E-state index in [1.54, 1.807) is 0 Å². The average Bonchev–Trinajstić information content (AvgIpc) is 2.98. The Morgan fingerprint density at radius 3 is 2.23 bits per heavy atom. The largest absolute Gasteiger partial charge is 0.508 e. The summed E-state index contributed by atoms with van der Waals surface area (Å²) in [5, 5.41) is 91.8. The van der Waals surface area contributed by atoms with Crippen LogP contribution in [0.1, 0.15) is 6.92 Å². The van der Waals surface area contributed by atoms with Crippen LogP contribution in [0.5, 0.6) is 28.7 Å². The van der Waals surface area contributed by atoms with Gasteiger partial charge in [0.1, 0.15) is 65.2 Å². The van der Waals surface area contributed by atoms with Crippen molar-refractivity contribution < 1.29 is 74.1 Å². The van der Waals surface area contributed by atoms with Crippen molar-refractivity contribution in [3.05, 3.63) is 40.6 Å². The Kier molecular flexibility index (Phi) is 8.90. The van der Waals surface area contributed by atoms with Crippen LogP contribution in [-0.4, -0.2) is 121 Å². The van der Waals surface area contributed by atoms with E-state index in [1.807, 2.05) is 0 Å². The number of aromatic hydroxyl groups is 3. The Hall–Kier alpha value is -3.71. The topological polar surface area (TPSA) is 258 Å². The van der Waals surface area contributed by atoms with Crippen LogP contribution in [-0.2, 0) is 14.2 Å². The number of hydrogen-bond acceptors (Lipinski definition) is 16. The molecule has 0 radical (unpaired) electrons. The van der Waals surface area contributed by atoms with Crippen LogP contribution in [0, 0.1) is 0 Å². The lowest BCUT2D eigenvalue weighted by Crippen LogP contribution is -2.64. The summed E-state index contributed by atoms with van der Waals surface area (Å²) in [5.74, 6) is -2.13. The lowest BCUT2D eigenvalue weighted by molar-refractivity contribution is -0.348. The highest BCUT2D eigenvalue weighted by molar-refractivity contribution is 5.88. The molecular formula is C28H32O16. The van der Waals surface area contributed by atoms with Crippen molar-refractivity contribution in [2.24, 2.45) is 0 Å². The molecule has 16 nitrogen and oxygen atoms in total. The number of hydrogen-bond donors (Lipinski definition) is 9. The van der Waals surface area contributed by atoms with Crippen LogP contribution >= 0.6 is 0 Å². The smallest absolute Gasteiger partial charge is 0.239 e. The summed E-state index contributed by atoms with van der Waals surface area (Å²) in [6.07, 6.45) is -16.1. The van der Waals surface area contributed by atoms with Crippen molar-refractivity contribution in [1.29, 1.82) is 0 Å². The van der Waals surface area contributed by atoms with Gasteiger partial charge in [0.25, 0.3) is 0 Å². The molecule has 2 aliphatic heterocycles. The first-order valence-corrected chi connectivity index (χ1v) is 13.4. The minimum absolute atomic E-state index is 0.00105. The number of benzene rings is 2. The van der Waals surface area contributed by atoms with Crippen LogP contribution in [0.4, 0.5) is 0 Å². The maximum absolute atomic E-state index is 13.7. The molecule has 0 bridgehead atoms. The van der Waals surface area contributed by atoms with Gasteiger partial charge in [-0.25, -0.2) is 0 Å². The zero-order valence-electron chi connectivity index (χ0n) is 23.3. The molecule has 2 aliphatic rings. The maximum Gasteiger partial charge on any atom is 0.239 e. The molecule has 16 heteroatoms. The molecule has 3 heterocycles. The van der Waals surface area contributed by atoms with E-state index in [9.17, 15) is 50.8 Å². The van der Waals surface area contributed by atoms with E-state index in [-0.39, 0.29) is 33.8 Å². The van der Waals surface area contributed by atoms with Gasteiger partial charge in [0.15, 0.2) is 23.5 Å². The molecule has 2 aromatic carbocycles. The summed E-state index contributed by atoms with van der Waals surface area (Å²) < 4.78 is 33.4. The minimum Gasteiger partial charge on any atom is -0.508 e. The number of ether oxygens (including phenoxy) is 5. The highest BCUT2D eigenvalue weighted by Gasteiger charge is 2.50. The van der Waals surface area contributed by atoms with E-state index in [1.165, 1.54) is 32.2 Å². The van der Waals surface area contributed by atoms with Gasteiger partial charge in [-0.3, -0.25) is 4.79 Å². The molecule has 0 saturated carbocycles. The molecule has 0 aliphatic carbocycles. The standard InChI is InChI=1S/C28H32O16/c1-9-24(43-28-22(37)20(35)18(33)16(8-29)42-28)21(36)23(38)27(40-9)44-26-19(34)17-13(32)6-11(30)7-15(17)41-25(26)10-3-4-12(31)14(5-10)39-2/h3-7,9,16,18,20-24,27-33,35-38H,8H2,1-2H3. The lowest BCUT2D eigenvalue weighted by atomic mass is 9.97. The first kappa shape index (κ1) is 31.7. The van der Waals surface area contributed by atoms with Gasteiger partial charge < -0.3 is 74.1 Å². The predicted molar refractivity (Wildman–Crippen MR) is 145 cm³/mol. The normalized spacial score (nSPS) is 32.5. The molecule has 2 saturated heterocycles. The van der Waals surface area contributed by atoms with Crippen LogP contribution in [0.3, 0.4) is 0 Å². The number of fused-ring (bicyclic) bond motifs is 1. The van der Waals surface area contributed by atoms with Gasteiger partial charge in [-0.05, 0) is 25.1 Å². The van der Waals surface area contributed by atoms with Crippen molar-refractivity contribution in [2.45, 2.75) is 68.3 Å². The minimum atomic E-state index is -1.91. The Morgan fingerprint density at radius 1 is 0.841 bits per heavy atom. The molecule has 0 spiro atoms. The highest BCUT2D eigenvalue weighted by atomic mass is 16.7. The van der Waals surface area contributed by atoms with Gasteiger partial charge in [0.05, 0.1) is 19.8 Å². The molecule has 10 atom stereocenters. The van der Waals surface area contributed by atoms with Gasteiger partial charge in [0.2, 0.25) is 17.5 Å². The molecule has 10 unspecified atom stereocenters. The second-order valence-electron chi connectivity index (χ2n) is 10.4. The lowest BCUT2D eigenvalue weighted by Gasteiger charge is -2.45. The molecule has 5 rings (SSSR count). The van der Waals surface area contributed by atoms with Gasteiger partial charge in [-0.15, -0.1) is 0 Å². The fourth-order valence-corrected chi connectivity index (χ4v) is 5.13. The van der Waals surface area contributed by atoms with Crippen molar-refractivity contribution in [1.82, 2.24) is 0 Å². The molecule has 2 fully saturated rings. The number of phenols is 3. The third-order valence-electron chi connectivity index (χ3n) is 7.51. The second-order valence-corrected chi connectivity index (χ2v) is 10.4. The van der Waals surface area contributed by atoms with Crippen LogP contribution < -0.4 is 14.9 Å². The molecule has 3 aromatic rings. The fraction of sp³-hybridized carbons (Fsp3) is 0.464. The zero-order chi connectivity index (χ0) is 32.0. The van der Waals surface area contributed by atoms with Crippen LogP contribution in [0.15, 0.2) is 39.5 Å². The van der Waals surface area contributed by atoms with E-state index in [4.69, 9.17) is 28.1 Å². The first-order valence-electron chi connectivity index (χ1n) is 13.4. The Labute approximate surface area is 248 Å². The van der Waals surface area contributed by atoms with Gasteiger partial charge in [-0.1, -0.05) is 0 Å². The zero-order valence-corrected chi connectivity index (χ0v) is 23.3. The number of aliphatic hydroxyl groups is 6. The van der Waals surface area contributed by atoms with Crippen molar-refractivity contribution in [3.8, 4) is 40.1 Å². The van der Waals surface area contributed by atoms with E-state index in [2.05, 4.69) is 0 Å². The quantitative estimate of drug-likeness (QED) is 0.147. The summed E-state index contributed by atoms with van der Waals surface area (Å²) in [5.41, 5.74) is -1.03. The predicted octanol–water partition coefficient (Wildman–Crippen LogP) is -1.38. The molecule has 44 heavy (non-hydrogen) atoms. The van der Waals surface area contributed by atoms with E-state index < -0.39 is 90.7 Å². The van der Waals surface area contributed by atoms with E-state index >= 15 is 0 Å². The Morgan fingerprint density at radius 2 is 1.55 bits per heavy atom. The van der Waals surface area contributed by atoms with Crippen molar-refractivity contribution >= 4 is 11.0 Å². The Bertz CT molecular complexity index is 1550. The first-order chi connectivity index (χ1) is 20.9.